The standard InChI is InChI=1S/C45H35N/c1-45(2)41-26-14-12-24-39(41)44-38(25-16-27-42(44)45)37-23-13-15-28-43(37)46(34-21-10-5-11-22-34)35-29-30-36(32-17-6-3-7-18-32)40(31-35)33-19-8-4-9-20-33/h3-31H,1-2H3. The third-order valence-corrected chi connectivity index (χ3v) is 9.49. The van der Waals surface area contributed by atoms with E-state index in [-0.39, 0.29) is 5.41 Å². The Bertz CT molecular complexity index is 2160. The molecule has 0 saturated carbocycles. The van der Waals surface area contributed by atoms with E-state index in [4.69, 9.17) is 0 Å². The van der Waals surface area contributed by atoms with Crippen molar-refractivity contribution in [3.63, 3.8) is 0 Å². The van der Waals surface area contributed by atoms with E-state index in [9.17, 15) is 0 Å². The summed E-state index contributed by atoms with van der Waals surface area (Å²) in [4.78, 5) is 2.42. The molecule has 0 radical (unpaired) electrons. The minimum absolute atomic E-state index is 0.0617. The van der Waals surface area contributed by atoms with Gasteiger partial charge in [0.05, 0.1) is 5.69 Å². The summed E-state index contributed by atoms with van der Waals surface area (Å²) in [6, 6.07) is 63.7. The Morgan fingerprint density at radius 1 is 0.370 bits per heavy atom. The highest BCUT2D eigenvalue weighted by molar-refractivity contribution is 5.98. The van der Waals surface area contributed by atoms with E-state index in [0.717, 1.165) is 17.1 Å². The average Bonchev–Trinajstić information content (AvgIpc) is 3.36. The molecule has 0 bridgehead atoms. The van der Waals surface area contributed by atoms with Crippen molar-refractivity contribution in [3.05, 3.63) is 187 Å². The molecule has 1 heteroatoms. The molecule has 46 heavy (non-hydrogen) atoms. The molecule has 0 atom stereocenters. The van der Waals surface area contributed by atoms with Gasteiger partial charge >= 0.3 is 0 Å². The Labute approximate surface area is 272 Å². The van der Waals surface area contributed by atoms with Crippen LogP contribution in [0.5, 0.6) is 0 Å². The molecule has 0 fully saturated rings. The van der Waals surface area contributed by atoms with Crippen LogP contribution in [0.15, 0.2) is 176 Å². The minimum Gasteiger partial charge on any atom is -0.310 e. The number of para-hydroxylation sites is 2. The smallest absolute Gasteiger partial charge is 0.0540 e. The van der Waals surface area contributed by atoms with Crippen LogP contribution in [0.4, 0.5) is 17.1 Å². The van der Waals surface area contributed by atoms with Crippen LogP contribution in [0.25, 0.3) is 44.5 Å². The van der Waals surface area contributed by atoms with Gasteiger partial charge in [-0.15, -0.1) is 0 Å². The highest BCUT2D eigenvalue weighted by atomic mass is 15.1. The van der Waals surface area contributed by atoms with Crippen LogP contribution < -0.4 is 4.90 Å². The molecule has 1 nitrogen and oxygen atoms in total. The van der Waals surface area contributed by atoms with Crippen LogP contribution >= 0.6 is 0 Å². The molecule has 7 aromatic rings. The maximum absolute atomic E-state index is 2.42. The van der Waals surface area contributed by atoms with Crippen molar-refractivity contribution in [2.24, 2.45) is 0 Å². The lowest BCUT2D eigenvalue weighted by Crippen LogP contribution is -2.15. The fraction of sp³-hybridized carbons (Fsp3) is 0.0667. The topological polar surface area (TPSA) is 3.24 Å². The molecule has 8 rings (SSSR count). The number of anilines is 3. The zero-order valence-corrected chi connectivity index (χ0v) is 26.2. The third-order valence-electron chi connectivity index (χ3n) is 9.49. The van der Waals surface area contributed by atoms with Crippen LogP contribution in [0, 0.1) is 0 Å². The zero-order valence-electron chi connectivity index (χ0n) is 26.2. The molecule has 220 valence electrons. The molecular formula is C45H35N. The molecule has 0 aliphatic heterocycles. The molecule has 0 heterocycles. The first kappa shape index (κ1) is 27.9. The Morgan fingerprint density at radius 3 is 1.63 bits per heavy atom. The van der Waals surface area contributed by atoms with Crippen molar-refractivity contribution in [2.75, 3.05) is 4.90 Å². The second kappa shape index (κ2) is 11.4. The summed E-state index contributed by atoms with van der Waals surface area (Å²) >= 11 is 0. The van der Waals surface area contributed by atoms with Crippen molar-refractivity contribution in [1.82, 2.24) is 0 Å². The maximum atomic E-state index is 2.42. The first-order valence-electron chi connectivity index (χ1n) is 16.0. The monoisotopic (exact) mass is 589 g/mol. The third kappa shape index (κ3) is 4.64. The van der Waals surface area contributed by atoms with Crippen molar-refractivity contribution < 1.29 is 0 Å². The highest BCUT2D eigenvalue weighted by Crippen LogP contribution is 2.53. The van der Waals surface area contributed by atoms with Gasteiger partial charge in [0, 0.05) is 22.4 Å². The van der Waals surface area contributed by atoms with Gasteiger partial charge in [0.25, 0.3) is 0 Å². The van der Waals surface area contributed by atoms with Gasteiger partial charge in [-0.1, -0.05) is 159 Å². The zero-order chi connectivity index (χ0) is 31.1. The number of hydrogen-bond acceptors (Lipinski definition) is 1. The van der Waals surface area contributed by atoms with Gasteiger partial charge in [0.15, 0.2) is 0 Å². The lowest BCUT2D eigenvalue weighted by atomic mass is 9.82. The normalized spacial score (nSPS) is 12.7. The van der Waals surface area contributed by atoms with Crippen molar-refractivity contribution in [2.45, 2.75) is 19.3 Å². The SMILES string of the molecule is CC1(C)c2ccccc2-c2c(-c3ccccc3N(c3ccccc3)c3ccc(-c4ccccc4)c(-c4ccccc4)c3)cccc21. The van der Waals surface area contributed by atoms with Gasteiger partial charge < -0.3 is 4.90 Å². The van der Waals surface area contributed by atoms with Crippen LogP contribution in [-0.4, -0.2) is 0 Å². The van der Waals surface area contributed by atoms with Crippen molar-refractivity contribution in [3.8, 4) is 44.5 Å². The largest absolute Gasteiger partial charge is 0.310 e. The van der Waals surface area contributed by atoms with E-state index in [1.807, 2.05) is 0 Å². The Morgan fingerprint density at radius 2 is 0.913 bits per heavy atom. The summed E-state index contributed by atoms with van der Waals surface area (Å²) in [5.41, 5.74) is 16.1. The molecule has 0 unspecified atom stereocenters. The second-order valence-corrected chi connectivity index (χ2v) is 12.5. The first-order chi connectivity index (χ1) is 22.6. The fourth-order valence-electron chi connectivity index (χ4n) is 7.28. The van der Waals surface area contributed by atoms with Gasteiger partial charge in [-0.3, -0.25) is 0 Å². The lowest BCUT2D eigenvalue weighted by Gasteiger charge is -2.29. The summed E-state index contributed by atoms with van der Waals surface area (Å²) < 4.78 is 0. The van der Waals surface area contributed by atoms with Crippen molar-refractivity contribution >= 4 is 17.1 Å². The van der Waals surface area contributed by atoms with Crippen LogP contribution in [0.3, 0.4) is 0 Å². The van der Waals surface area contributed by atoms with Gasteiger partial charge in [-0.25, -0.2) is 0 Å². The number of rotatable bonds is 6. The summed E-state index contributed by atoms with van der Waals surface area (Å²) in [6.45, 7) is 4.70. The highest BCUT2D eigenvalue weighted by Gasteiger charge is 2.37. The Hall–Kier alpha value is -5.66. The number of fused-ring (bicyclic) bond motifs is 3. The molecule has 0 spiro atoms. The summed E-state index contributed by atoms with van der Waals surface area (Å²) in [5, 5.41) is 0. The summed E-state index contributed by atoms with van der Waals surface area (Å²) in [5.74, 6) is 0. The predicted octanol–water partition coefficient (Wildman–Crippen LogP) is 12.5. The molecule has 7 aromatic carbocycles. The number of hydrogen-bond donors (Lipinski definition) is 0. The fourth-order valence-corrected chi connectivity index (χ4v) is 7.28. The second-order valence-electron chi connectivity index (χ2n) is 12.5. The van der Waals surface area contributed by atoms with Crippen LogP contribution in [0.1, 0.15) is 25.0 Å². The lowest BCUT2D eigenvalue weighted by molar-refractivity contribution is 0.660. The Kier molecular flexibility index (Phi) is 6.88. The van der Waals surface area contributed by atoms with Gasteiger partial charge in [-0.05, 0) is 80.4 Å². The van der Waals surface area contributed by atoms with Gasteiger partial charge in [0.2, 0.25) is 0 Å². The molecule has 0 saturated heterocycles. The maximum Gasteiger partial charge on any atom is 0.0540 e. The van der Waals surface area contributed by atoms with E-state index >= 15 is 0 Å². The summed E-state index contributed by atoms with van der Waals surface area (Å²) in [7, 11) is 0. The quantitative estimate of drug-likeness (QED) is 0.186. The van der Waals surface area contributed by atoms with E-state index in [0.29, 0.717) is 0 Å². The number of nitrogens with zero attached hydrogens (tertiary/aromatic N) is 1. The molecular weight excluding hydrogens is 555 g/mol. The molecule has 0 amide bonds. The molecule has 0 N–H and O–H groups in total. The molecule has 1 aliphatic rings. The number of benzene rings is 7. The van der Waals surface area contributed by atoms with E-state index in [2.05, 4.69) is 195 Å². The molecule has 1 aliphatic carbocycles. The summed E-state index contributed by atoms with van der Waals surface area (Å²) in [6.07, 6.45) is 0. The van der Waals surface area contributed by atoms with Crippen molar-refractivity contribution in [1.29, 1.82) is 0 Å². The average molecular weight is 590 g/mol. The molecule has 0 aromatic heterocycles. The Balaban J connectivity index is 1.37. The first-order valence-corrected chi connectivity index (χ1v) is 16.0. The van der Waals surface area contributed by atoms with Gasteiger partial charge in [-0.2, -0.15) is 0 Å². The predicted molar refractivity (Wildman–Crippen MR) is 195 cm³/mol. The van der Waals surface area contributed by atoms with Crippen LogP contribution in [-0.2, 0) is 5.41 Å². The van der Waals surface area contributed by atoms with E-state index in [1.54, 1.807) is 0 Å². The van der Waals surface area contributed by atoms with Gasteiger partial charge in [0.1, 0.15) is 0 Å². The minimum atomic E-state index is -0.0617. The van der Waals surface area contributed by atoms with E-state index in [1.165, 1.54) is 55.6 Å². The van der Waals surface area contributed by atoms with E-state index < -0.39 is 0 Å². The van der Waals surface area contributed by atoms with Crippen LogP contribution in [0.2, 0.25) is 0 Å².